The SMILES string of the molecule is O=C(CSC1CCCC1)N1CCCSCC1CN1CCCC1. The highest BCUT2D eigenvalue weighted by atomic mass is 32.2. The van der Waals surface area contributed by atoms with Crippen molar-refractivity contribution in [1.29, 1.82) is 0 Å². The fraction of sp³-hybridized carbons (Fsp3) is 0.941. The molecule has 1 amide bonds. The number of carbonyl (C=O) groups is 1. The number of hydrogen-bond donors (Lipinski definition) is 0. The molecule has 126 valence electrons. The van der Waals surface area contributed by atoms with E-state index in [2.05, 4.69) is 9.80 Å². The van der Waals surface area contributed by atoms with Crippen LogP contribution in [0.15, 0.2) is 0 Å². The second-order valence-corrected chi connectivity index (χ2v) is 9.33. The summed E-state index contributed by atoms with van der Waals surface area (Å²) in [6, 6.07) is 0.447. The molecular weight excluding hydrogens is 312 g/mol. The molecule has 5 heteroatoms. The molecule has 1 unspecified atom stereocenters. The summed E-state index contributed by atoms with van der Waals surface area (Å²) in [7, 11) is 0. The Kier molecular flexibility index (Phi) is 6.82. The Morgan fingerprint density at radius 2 is 1.82 bits per heavy atom. The van der Waals surface area contributed by atoms with Gasteiger partial charge in [0, 0.05) is 24.1 Å². The number of nitrogens with zero attached hydrogens (tertiary/aromatic N) is 2. The number of amides is 1. The van der Waals surface area contributed by atoms with Crippen LogP contribution in [0.4, 0.5) is 0 Å². The van der Waals surface area contributed by atoms with Crippen LogP contribution in [0.25, 0.3) is 0 Å². The Bertz CT molecular complexity index is 355. The number of hydrogen-bond acceptors (Lipinski definition) is 4. The number of carbonyl (C=O) groups excluding carboxylic acids is 1. The first kappa shape index (κ1) is 17.0. The lowest BCUT2D eigenvalue weighted by atomic mass is 10.2. The normalized spacial score (nSPS) is 28.2. The Morgan fingerprint density at radius 1 is 1.05 bits per heavy atom. The molecule has 1 aliphatic carbocycles. The summed E-state index contributed by atoms with van der Waals surface area (Å²) >= 11 is 3.97. The lowest BCUT2D eigenvalue weighted by Crippen LogP contribution is -2.48. The van der Waals surface area contributed by atoms with E-state index in [1.807, 2.05) is 23.5 Å². The smallest absolute Gasteiger partial charge is 0.232 e. The van der Waals surface area contributed by atoms with Gasteiger partial charge in [-0.2, -0.15) is 11.8 Å². The first-order valence-electron chi connectivity index (χ1n) is 9.04. The second kappa shape index (κ2) is 8.84. The Morgan fingerprint density at radius 3 is 2.59 bits per heavy atom. The molecule has 2 saturated heterocycles. The maximum absolute atomic E-state index is 12.8. The van der Waals surface area contributed by atoms with Gasteiger partial charge >= 0.3 is 0 Å². The van der Waals surface area contributed by atoms with Crippen LogP contribution in [0.3, 0.4) is 0 Å². The van der Waals surface area contributed by atoms with Crippen LogP contribution in [0.1, 0.15) is 44.9 Å². The quantitative estimate of drug-likeness (QED) is 0.766. The van der Waals surface area contributed by atoms with E-state index in [4.69, 9.17) is 0 Å². The van der Waals surface area contributed by atoms with Crippen molar-refractivity contribution >= 4 is 29.4 Å². The molecule has 0 N–H and O–H groups in total. The fourth-order valence-electron chi connectivity index (χ4n) is 3.90. The number of thioether (sulfide) groups is 2. The fourth-order valence-corrected chi connectivity index (χ4v) is 6.17. The summed E-state index contributed by atoms with van der Waals surface area (Å²) in [5.41, 5.74) is 0. The van der Waals surface area contributed by atoms with Gasteiger partial charge in [-0.1, -0.05) is 12.8 Å². The highest BCUT2D eigenvalue weighted by Crippen LogP contribution is 2.30. The molecule has 0 aromatic rings. The van der Waals surface area contributed by atoms with E-state index in [9.17, 15) is 4.79 Å². The summed E-state index contributed by atoms with van der Waals surface area (Å²) in [4.78, 5) is 17.6. The van der Waals surface area contributed by atoms with Gasteiger partial charge in [0.05, 0.1) is 11.8 Å². The predicted molar refractivity (Wildman–Crippen MR) is 97.8 cm³/mol. The zero-order valence-electron chi connectivity index (χ0n) is 13.7. The van der Waals surface area contributed by atoms with Crippen molar-refractivity contribution in [3.63, 3.8) is 0 Å². The first-order valence-corrected chi connectivity index (χ1v) is 11.2. The van der Waals surface area contributed by atoms with Crippen LogP contribution in [0.2, 0.25) is 0 Å². The molecule has 22 heavy (non-hydrogen) atoms. The van der Waals surface area contributed by atoms with Gasteiger partial charge in [-0.25, -0.2) is 0 Å². The Hall–Kier alpha value is 0.130. The van der Waals surface area contributed by atoms with Crippen molar-refractivity contribution in [3.8, 4) is 0 Å². The summed E-state index contributed by atoms with van der Waals surface area (Å²) in [5, 5.41) is 0.752. The molecule has 0 bridgehead atoms. The van der Waals surface area contributed by atoms with Crippen molar-refractivity contribution in [1.82, 2.24) is 9.80 Å². The standard InChI is InChI=1S/C17H30N2OS2/c20-17(14-22-16-6-1-2-7-16)19-10-5-11-21-13-15(19)12-18-8-3-4-9-18/h15-16H,1-14H2. The first-order chi connectivity index (χ1) is 10.8. The van der Waals surface area contributed by atoms with Gasteiger partial charge in [-0.15, -0.1) is 11.8 Å². The summed E-state index contributed by atoms with van der Waals surface area (Å²) in [6.07, 6.45) is 9.22. The van der Waals surface area contributed by atoms with Crippen molar-refractivity contribution in [2.75, 3.05) is 43.4 Å². The van der Waals surface area contributed by atoms with E-state index >= 15 is 0 Å². The molecule has 0 radical (unpaired) electrons. The van der Waals surface area contributed by atoms with Crippen molar-refractivity contribution in [2.45, 2.75) is 56.2 Å². The molecule has 1 atom stereocenters. The maximum Gasteiger partial charge on any atom is 0.232 e. The molecule has 3 rings (SSSR count). The van der Waals surface area contributed by atoms with E-state index in [1.165, 1.54) is 63.8 Å². The minimum absolute atomic E-state index is 0.406. The summed E-state index contributed by atoms with van der Waals surface area (Å²) < 4.78 is 0. The van der Waals surface area contributed by atoms with Gasteiger partial charge < -0.3 is 9.80 Å². The summed E-state index contributed by atoms with van der Waals surface area (Å²) in [5.74, 6) is 3.47. The molecule has 0 aromatic carbocycles. The van der Waals surface area contributed by atoms with Crippen LogP contribution in [-0.4, -0.2) is 70.4 Å². The van der Waals surface area contributed by atoms with Crippen LogP contribution < -0.4 is 0 Å². The van der Waals surface area contributed by atoms with Gasteiger partial charge in [-0.05, 0) is 50.9 Å². The van der Waals surface area contributed by atoms with E-state index < -0.39 is 0 Å². The average Bonchev–Trinajstić information content (AvgIpc) is 3.16. The number of likely N-dealkylation sites (tertiary alicyclic amines) is 1. The lowest BCUT2D eigenvalue weighted by molar-refractivity contribution is -0.130. The van der Waals surface area contributed by atoms with Crippen LogP contribution >= 0.6 is 23.5 Å². The molecule has 2 aliphatic heterocycles. The molecule has 1 saturated carbocycles. The Labute approximate surface area is 143 Å². The van der Waals surface area contributed by atoms with Gasteiger partial charge in [0.2, 0.25) is 5.91 Å². The Balaban J connectivity index is 1.52. The third-order valence-corrected chi connectivity index (χ3v) is 7.73. The van der Waals surface area contributed by atoms with Crippen molar-refractivity contribution in [3.05, 3.63) is 0 Å². The lowest BCUT2D eigenvalue weighted by Gasteiger charge is -2.33. The molecule has 0 spiro atoms. The van der Waals surface area contributed by atoms with Crippen molar-refractivity contribution < 1.29 is 4.79 Å². The largest absolute Gasteiger partial charge is 0.337 e. The average molecular weight is 343 g/mol. The van der Waals surface area contributed by atoms with E-state index in [0.717, 1.165) is 24.1 Å². The van der Waals surface area contributed by atoms with Gasteiger partial charge in [0.15, 0.2) is 0 Å². The third kappa shape index (κ3) is 4.81. The van der Waals surface area contributed by atoms with Crippen LogP contribution in [0, 0.1) is 0 Å². The number of rotatable bonds is 5. The van der Waals surface area contributed by atoms with Gasteiger partial charge in [-0.3, -0.25) is 4.79 Å². The van der Waals surface area contributed by atoms with Gasteiger partial charge in [0.1, 0.15) is 0 Å². The summed E-state index contributed by atoms with van der Waals surface area (Å²) in [6.45, 7) is 4.56. The molecular formula is C17H30N2OS2. The van der Waals surface area contributed by atoms with Crippen molar-refractivity contribution in [2.24, 2.45) is 0 Å². The molecule has 2 heterocycles. The van der Waals surface area contributed by atoms with E-state index in [0.29, 0.717) is 17.7 Å². The molecule has 3 fully saturated rings. The van der Waals surface area contributed by atoms with E-state index in [-0.39, 0.29) is 0 Å². The zero-order valence-corrected chi connectivity index (χ0v) is 15.3. The van der Waals surface area contributed by atoms with Crippen LogP contribution in [-0.2, 0) is 4.79 Å². The minimum atomic E-state index is 0.406. The molecule has 3 aliphatic rings. The maximum atomic E-state index is 12.8. The van der Waals surface area contributed by atoms with E-state index in [1.54, 1.807) is 0 Å². The topological polar surface area (TPSA) is 23.6 Å². The van der Waals surface area contributed by atoms with Crippen LogP contribution in [0.5, 0.6) is 0 Å². The predicted octanol–water partition coefficient (Wildman–Crippen LogP) is 3.09. The monoisotopic (exact) mass is 342 g/mol. The molecule has 0 aromatic heterocycles. The molecule has 3 nitrogen and oxygen atoms in total. The minimum Gasteiger partial charge on any atom is -0.337 e. The highest BCUT2D eigenvalue weighted by molar-refractivity contribution is 8.00. The zero-order chi connectivity index (χ0) is 15.2. The third-order valence-electron chi connectivity index (χ3n) is 5.17. The van der Waals surface area contributed by atoms with Gasteiger partial charge in [0.25, 0.3) is 0 Å². The second-order valence-electron chi connectivity index (χ2n) is 6.89. The highest BCUT2D eigenvalue weighted by Gasteiger charge is 2.29.